The van der Waals surface area contributed by atoms with Crippen LogP contribution in [-0.4, -0.2) is 32.5 Å². The number of carbonyl (C=O) groups is 1. The van der Waals surface area contributed by atoms with Crippen molar-refractivity contribution < 1.29 is 4.79 Å². The van der Waals surface area contributed by atoms with Crippen LogP contribution in [0.25, 0.3) is 15.9 Å². The lowest BCUT2D eigenvalue weighted by Gasteiger charge is -2.35. The zero-order valence-electron chi connectivity index (χ0n) is 18.3. The lowest BCUT2D eigenvalue weighted by Crippen LogP contribution is -2.47. The fraction of sp³-hybridized carbons (Fsp3) is 0.435. The van der Waals surface area contributed by atoms with Gasteiger partial charge in [0.1, 0.15) is 11.4 Å². The maximum atomic E-state index is 13.6. The van der Waals surface area contributed by atoms with Crippen LogP contribution in [0.3, 0.4) is 0 Å². The fourth-order valence-electron chi connectivity index (χ4n) is 4.43. The van der Waals surface area contributed by atoms with Crippen molar-refractivity contribution in [2.45, 2.75) is 59.0 Å². The molecule has 9 heteroatoms. The molecule has 2 aromatic heterocycles. The maximum Gasteiger partial charge on any atom is 0.337 e. The third-order valence-electron chi connectivity index (χ3n) is 6.32. The summed E-state index contributed by atoms with van der Waals surface area (Å²) >= 11 is 13.6. The summed E-state index contributed by atoms with van der Waals surface area (Å²) in [6.45, 7) is 6.45. The predicted octanol–water partition coefficient (Wildman–Crippen LogP) is 4.93. The maximum absolute atomic E-state index is 13.6. The molecule has 0 radical (unpaired) electrons. The number of amides is 1. The second-order valence-corrected chi connectivity index (χ2v) is 10.2. The summed E-state index contributed by atoms with van der Waals surface area (Å²) in [5, 5.41) is 1.03. The molecule has 1 amide bonds. The van der Waals surface area contributed by atoms with Crippen molar-refractivity contribution in [1.29, 1.82) is 0 Å². The van der Waals surface area contributed by atoms with Gasteiger partial charge in [-0.3, -0.25) is 14.2 Å². The molecule has 1 aliphatic heterocycles. The molecule has 0 bridgehead atoms. The van der Waals surface area contributed by atoms with Gasteiger partial charge in [0.05, 0.1) is 21.1 Å². The highest BCUT2D eigenvalue weighted by Gasteiger charge is 2.27. The van der Waals surface area contributed by atoms with Crippen LogP contribution in [-0.2, 0) is 11.3 Å². The Bertz CT molecular complexity index is 1320. The number of hydrogen-bond donors (Lipinski definition) is 0. The number of benzene rings is 1. The van der Waals surface area contributed by atoms with Crippen LogP contribution >= 0.6 is 34.5 Å². The smallest absolute Gasteiger partial charge is 0.337 e. The van der Waals surface area contributed by atoms with Gasteiger partial charge >= 0.3 is 5.69 Å². The molecule has 0 saturated carbocycles. The van der Waals surface area contributed by atoms with Gasteiger partial charge in [0.25, 0.3) is 5.56 Å². The number of thiophene rings is 1. The average molecular weight is 494 g/mol. The van der Waals surface area contributed by atoms with Gasteiger partial charge in [0, 0.05) is 17.5 Å². The van der Waals surface area contributed by atoms with Crippen LogP contribution in [0, 0.1) is 13.8 Å². The molecule has 1 aliphatic rings. The number of nitrogens with zero attached hydrogens (tertiary/aromatic N) is 3. The molecule has 0 aliphatic carbocycles. The van der Waals surface area contributed by atoms with Gasteiger partial charge in [-0.2, -0.15) is 0 Å². The monoisotopic (exact) mass is 493 g/mol. The molecule has 3 aromatic rings. The molecule has 1 aromatic carbocycles. The van der Waals surface area contributed by atoms with Gasteiger partial charge in [-0.1, -0.05) is 30.1 Å². The summed E-state index contributed by atoms with van der Waals surface area (Å²) in [7, 11) is 0. The number of hydrogen-bond acceptors (Lipinski definition) is 4. The van der Waals surface area contributed by atoms with Gasteiger partial charge in [-0.25, -0.2) is 9.36 Å². The summed E-state index contributed by atoms with van der Waals surface area (Å²) < 4.78 is 2.53. The van der Waals surface area contributed by atoms with E-state index in [9.17, 15) is 14.4 Å². The van der Waals surface area contributed by atoms with E-state index >= 15 is 0 Å². The van der Waals surface area contributed by atoms with Crippen molar-refractivity contribution in [3.8, 4) is 5.69 Å². The van der Waals surface area contributed by atoms with E-state index < -0.39 is 11.2 Å². The SMILES string of the molecule is CC[C@@H]1CCCCN1C(=O)Cn1c(=O)n(-c2ccc(Cl)c(Cl)c2)c(=O)c2c(C)c(C)sc21. The Hall–Kier alpha value is -2.09. The number of fused-ring (bicyclic) bond motifs is 1. The summed E-state index contributed by atoms with van der Waals surface area (Å²) in [5.41, 5.74) is 0.165. The standard InChI is InChI=1S/C23H25Cl2N3O3S/c1-4-15-7-5-6-10-26(15)19(29)12-27-22-20(13(2)14(3)32-22)21(30)28(23(27)31)16-8-9-17(24)18(25)11-16/h8-9,11,15H,4-7,10,12H2,1-3H3/t15-/m1/s1. The van der Waals surface area contributed by atoms with E-state index in [-0.39, 0.29) is 23.5 Å². The molecule has 0 unspecified atom stereocenters. The minimum absolute atomic E-state index is 0.0945. The van der Waals surface area contributed by atoms with Crippen LogP contribution < -0.4 is 11.2 Å². The number of halogens is 2. The highest BCUT2D eigenvalue weighted by atomic mass is 35.5. The normalized spacial score (nSPS) is 16.7. The first-order chi connectivity index (χ1) is 15.2. The first-order valence-corrected chi connectivity index (χ1v) is 12.3. The molecular formula is C23H25Cl2N3O3S. The Morgan fingerprint density at radius 1 is 1.16 bits per heavy atom. The topological polar surface area (TPSA) is 64.3 Å². The number of carbonyl (C=O) groups excluding carboxylic acids is 1. The molecule has 170 valence electrons. The Morgan fingerprint density at radius 2 is 1.91 bits per heavy atom. The molecule has 1 saturated heterocycles. The van der Waals surface area contributed by atoms with Crippen LogP contribution in [0.15, 0.2) is 27.8 Å². The lowest BCUT2D eigenvalue weighted by molar-refractivity contribution is -0.135. The van der Waals surface area contributed by atoms with E-state index in [4.69, 9.17) is 23.2 Å². The second kappa shape index (κ2) is 9.04. The quantitative estimate of drug-likeness (QED) is 0.517. The van der Waals surface area contributed by atoms with Crippen molar-refractivity contribution in [3.63, 3.8) is 0 Å². The number of likely N-dealkylation sites (tertiary alicyclic amines) is 1. The molecule has 1 atom stereocenters. The van der Waals surface area contributed by atoms with Crippen LogP contribution in [0.4, 0.5) is 0 Å². The van der Waals surface area contributed by atoms with Crippen molar-refractivity contribution in [3.05, 3.63) is 59.5 Å². The highest BCUT2D eigenvalue weighted by Crippen LogP contribution is 2.29. The Morgan fingerprint density at radius 3 is 2.59 bits per heavy atom. The summed E-state index contributed by atoms with van der Waals surface area (Å²) in [6, 6.07) is 4.82. The zero-order valence-corrected chi connectivity index (χ0v) is 20.6. The minimum Gasteiger partial charge on any atom is -0.338 e. The van der Waals surface area contributed by atoms with E-state index in [0.717, 1.165) is 40.7 Å². The summed E-state index contributed by atoms with van der Waals surface area (Å²) in [4.78, 5) is 43.6. The number of piperidine rings is 1. The molecule has 32 heavy (non-hydrogen) atoms. The number of rotatable bonds is 4. The molecule has 0 N–H and O–H groups in total. The van der Waals surface area contributed by atoms with Gasteiger partial charge < -0.3 is 4.90 Å². The highest BCUT2D eigenvalue weighted by molar-refractivity contribution is 7.18. The molecule has 0 spiro atoms. The van der Waals surface area contributed by atoms with E-state index in [0.29, 0.717) is 27.5 Å². The third kappa shape index (κ3) is 3.91. The first kappa shape index (κ1) is 23.1. The zero-order chi connectivity index (χ0) is 23.2. The van der Waals surface area contributed by atoms with Crippen molar-refractivity contribution in [2.75, 3.05) is 6.54 Å². The van der Waals surface area contributed by atoms with Gasteiger partial charge in [0.15, 0.2) is 0 Å². The summed E-state index contributed by atoms with van der Waals surface area (Å²) in [5.74, 6) is -0.0945. The van der Waals surface area contributed by atoms with E-state index in [1.54, 1.807) is 12.1 Å². The Balaban J connectivity index is 1.91. The Labute approximate surface area is 200 Å². The van der Waals surface area contributed by atoms with Crippen LogP contribution in [0.5, 0.6) is 0 Å². The van der Waals surface area contributed by atoms with Crippen molar-refractivity contribution in [1.82, 2.24) is 14.0 Å². The molecule has 6 nitrogen and oxygen atoms in total. The van der Waals surface area contributed by atoms with Crippen molar-refractivity contribution in [2.24, 2.45) is 0 Å². The molecule has 4 rings (SSSR count). The molecular weight excluding hydrogens is 469 g/mol. The first-order valence-electron chi connectivity index (χ1n) is 10.7. The molecule has 1 fully saturated rings. The van der Waals surface area contributed by atoms with E-state index in [2.05, 4.69) is 6.92 Å². The fourth-order valence-corrected chi connectivity index (χ4v) is 5.86. The largest absolute Gasteiger partial charge is 0.338 e. The lowest BCUT2D eigenvalue weighted by atomic mass is 10.00. The van der Waals surface area contributed by atoms with Crippen LogP contribution in [0.1, 0.15) is 43.0 Å². The van der Waals surface area contributed by atoms with E-state index in [1.807, 2.05) is 18.7 Å². The van der Waals surface area contributed by atoms with Crippen LogP contribution in [0.2, 0.25) is 10.0 Å². The van der Waals surface area contributed by atoms with Gasteiger partial charge in [-0.15, -0.1) is 11.3 Å². The average Bonchev–Trinajstić information content (AvgIpc) is 3.08. The summed E-state index contributed by atoms with van der Waals surface area (Å²) in [6.07, 6.45) is 3.94. The third-order valence-corrected chi connectivity index (χ3v) is 8.29. The number of aryl methyl sites for hydroxylation is 2. The molecule has 3 heterocycles. The predicted molar refractivity (Wildman–Crippen MR) is 131 cm³/mol. The van der Waals surface area contributed by atoms with Gasteiger partial charge in [0.2, 0.25) is 5.91 Å². The minimum atomic E-state index is -0.555. The Kier molecular flexibility index (Phi) is 6.52. The second-order valence-electron chi connectivity index (χ2n) is 8.22. The van der Waals surface area contributed by atoms with Crippen molar-refractivity contribution >= 4 is 50.7 Å². The number of aromatic nitrogens is 2. The van der Waals surface area contributed by atoms with Gasteiger partial charge in [-0.05, 0) is 63.3 Å². The van der Waals surface area contributed by atoms with E-state index in [1.165, 1.54) is 22.0 Å².